The highest BCUT2D eigenvalue weighted by Crippen LogP contribution is 2.34. The fraction of sp³-hybridized carbons (Fsp3) is 0.375. The highest BCUT2D eigenvalue weighted by Gasteiger charge is 2.30. The molecule has 22 heavy (non-hydrogen) atoms. The van der Waals surface area contributed by atoms with Crippen molar-refractivity contribution in [2.75, 3.05) is 5.32 Å². The smallest absolute Gasteiger partial charge is 0.277 e. The second kappa shape index (κ2) is 5.88. The van der Waals surface area contributed by atoms with Crippen molar-refractivity contribution in [1.29, 1.82) is 0 Å². The van der Waals surface area contributed by atoms with E-state index in [0.29, 0.717) is 23.8 Å². The lowest BCUT2D eigenvalue weighted by Crippen LogP contribution is -2.14. The van der Waals surface area contributed by atoms with E-state index in [2.05, 4.69) is 10.5 Å². The van der Waals surface area contributed by atoms with Crippen LogP contribution in [0.2, 0.25) is 0 Å². The number of nitrogens with one attached hydrogen (secondary N) is 1. The van der Waals surface area contributed by atoms with Crippen molar-refractivity contribution in [1.82, 2.24) is 5.16 Å². The standard InChI is InChI=1S/C16H17FN2O3/c1-9-2-5-11(17)6-13(9)18-16(21)14-7-12(22-19-14)8-15(20)10-3-4-10/h2,5-7,10,15,20H,3-4,8H2,1H3,(H,18,21). The van der Waals surface area contributed by atoms with E-state index in [4.69, 9.17) is 4.52 Å². The highest BCUT2D eigenvalue weighted by molar-refractivity contribution is 6.03. The first kappa shape index (κ1) is 14.7. The molecular formula is C16H17FN2O3. The van der Waals surface area contributed by atoms with Crippen LogP contribution in [0.3, 0.4) is 0 Å². The summed E-state index contributed by atoms with van der Waals surface area (Å²) in [5.74, 6) is -0.0863. The Morgan fingerprint density at radius 3 is 3.00 bits per heavy atom. The highest BCUT2D eigenvalue weighted by atomic mass is 19.1. The molecule has 1 unspecified atom stereocenters. The molecular weight excluding hydrogens is 287 g/mol. The van der Waals surface area contributed by atoms with E-state index in [1.165, 1.54) is 18.2 Å². The summed E-state index contributed by atoms with van der Waals surface area (Å²) >= 11 is 0. The molecule has 6 heteroatoms. The number of hydrogen-bond donors (Lipinski definition) is 2. The van der Waals surface area contributed by atoms with Crippen molar-refractivity contribution < 1.29 is 18.8 Å². The van der Waals surface area contributed by atoms with Crippen LogP contribution < -0.4 is 5.32 Å². The lowest BCUT2D eigenvalue weighted by atomic mass is 10.1. The zero-order valence-electron chi connectivity index (χ0n) is 12.2. The van der Waals surface area contributed by atoms with Crippen LogP contribution in [-0.4, -0.2) is 22.3 Å². The van der Waals surface area contributed by atoms with Crippen LogP contribution in [0, 0.1) is 18.7 Å². The third-order valence-electron chi connectivity index (χ3n) is 3.82. The Morgan fingerprint density at radius 1 is 1.50 bits per heavy atom. The van der Waals surface area contributed by atoms with Gasteiger partial charge in [0.15, 0.2) is 5.69 Å². The third kappa shape index (κ3) is 3.33. The number of aromatic nitrogens is 1. The van der Waals surface area contributed by atoms with Crippen LogP contribution in [0.1, 0.15) is 34.7 Å². The summed E-state index contributed by atoms with van der Waals surface area (Å²) in [4.78, 5) is 12.1. The molecule has 0 radical (unpaired) electrons. The molecule has 0 aliphatic heterocycles. The number of halogens is 1. The number of aryl methyl sites for hydroxylation is 1. The molecule has 5 nitrogen and oxygen atoms in total. The Kier molecular flexibility index (Phi) is 3.94. The summed E-state index contributed by atoms with van der Waals surface area (Å²) < 4.78 is 18.3. The summed E-state index contributed by atoms with van der Waals surface area (Å²) in [5.41, 5.74) is 1.26. The Morgan fingerprint density at radius 2 is 2.27 bits per heavy atom. The van der Waals surface area contributed by atoms with E-state index in [9.17, 15) is 14.3 Å². The first-order chi connectivity index (χ1) is 10.5. The predicted octanol–water partition coefficient (Wildman–Crippen LogP) is 2.69. The van der Waals surface area contributed by atoms with Gasteiger partial charge in [0.25, 0.3) is 5.91 Å². The van der Waals surface area contributed by atoms with Crippen LogP contribution >= 0.6 is 0 Å². The minimum absolute atomic E-state index is 0.113. The van der Waals surface area contributed by atoms with Gasteiger partial charge in [0, 0.05) is 18.2 Å². The van der Waals surface area contributed by atoms with Gasteiger partial charge in [-0.25, -0.2) is 4.39 Å². The molecule has 3 rings (SSSR count). The number of nitrogens with zero attached hydrogens (tertiary/aromatic N) is 1. The second-order valence-electron chi connectivity index (χ2n) is 5.70. The summed E-state index contributed by atoms with van der Waals surface area (Å²) in [6.45, 7) is 1.77. The van der Waals surface area contributed by atoms with E-state index in [-0.39, 0.29) is 5.69 Å². The number of rotatable bonds is 5. The molecule has 1 aliphatic rings. The van der Waals surface area contributed by atoms with Crippen LogP contribution in [0.5, 0.6) is 0 Å². The summed E-state index contributed by atoms with van der Waals surface area (Å²) in [6.07, 6.45) is 1.96. The molecule has 116 valence electrons. The van der Waals surface area contributed by atoms with Gasteiger partial charge >= 0.3 is 0 Å². The summed E-state index contributed by atoms with van der Waals surface area (Å²) in [7, 11) is 0. The second-order valence-corrected chi connectivity index (χ2v) is 5.70. The Bertz CT molecular complexity index is 694. The zero-order valence-corrected chi connectivity index (χ0v) is 12.2. The number of carbonyl (C=O) groups excluding carboxylic acids is 1. The lowest BCUT2D eigenvalue weighted by molar-refractivity contribution is 0.101. The first-order valence-electron chi connectivity index (χ1n) is 7.24. The number of carbonyl (C=O) groups is 1. The van der Waals surface area contributed by atoms with Crippen molar-refractivity contribution in [3.63, 3.8) is 0 Å². The average Bonchev–Trinajstić information content (AvgIpc) is 3.23. The molecule has 1 saturated carbocycles. The van der Waals surface area contributed by atoms with Gasteiger partial charge in [-0.1, -0.05) is 11.2 Å². The molecule has 2 N–H and O–H groups in total. The normalized spacial score (nSPS) is 15.6. The zero-order chi connectivity index (χ0) is 15.7. The number of aliphatic hydroxyl groups is 1. The summed E-state index contributed by atoms with van der Waals surface area (Å²) in [6, 6.07) is 5.68. The van der Waals surface area contributed by atoms with Crippen molar-refractivity contribution in [2.45, 2.75) is 32.3 Å². The van der Waals surface area contributed by atoms with Crippen molar-refractivity contribution >= 4 is 11.6 Å². The van der Waals surface area contributed by atoms with E-state index in [0.717, 1.165) is 18.4 Å². The summed E-state index contributed by atoms with van der Waals surface area (Å²) in [5, 5.41) is 16.2. The molecule has 0 bridgehead atoms. The molecule has 1 aliphatic carbocycles. The van der Waals surface area contributed by atoms with Crippen molar-refractivity contribution in [3.05, 3.63) is 47.1 Å². The molecule has 1 heterocycles. The van der Waals surface area contributed by atoms with Gasteiger partial charge in [0.05, 0.1) is 6.10 Å². The molecule has 1 amide bonds. The Hall–Kier alpha value is -2.21. The van der Waals surface area contributed by atoms with Gasteiger partial charge in [-0.2, -0.15) is 0 Å². The first-order valence-corrected chi connectivity index (χ1v) is 7.24. The number of benzene rings is 1. The lowest BCUT2D eigenvalue weighted by Gasteiger charge is -2.06. The molecule has 1 aromatic carbocycles. The van der Waals surface area contributed by atoms with E-state index in [1.807, 2.05) is 0 Å². The molecule has 1 atom stereocenters. The maximum atomic E-state index is 13.2. The fourth-order valence-corrected chi connectivity index (χ4v) is 2.29. The monoisotopic (exact) mass is 304 g/mol. The van der Waals surface area contributed by atoms with Gasteiger partial charge in [0.2, 0.25) is 0 Å². The van der Waals surface area contributed by atoms with Crippen LogP contribution in [0.4, 0.5) is 10.1 Å². The van der Waals surface area contributed by atoms with Crippen molar-refractivity contribution in [3.8, 4) is 0 Å². The number of amides is 1. The van der Waals surface area contributed by atoms with Gasteiger partial charge in [-0.3, -0.25) is 4.79 Å². The molecule has 1 aromatic heterocycles. The largest absolute Gasteiger partial charge is 0.392 e. The number of aliphatic hydroxyl groups excluding tert-OH is 1. The maximum Gasteiger partial charge on any atom is 0.277 e. The maximum absolute atomic E-state index is 13.2. The number of hydrogen-bond acceptors (Lipinski definition) is 4. The van der Waals surface area contributed by atoms with Gasteiger partial charge < -0.3 is 14.9 Å². The van der Waals surface area contributed by atoms with Crippen LogP contribution in [0.15, 0.2) is 28.8 Å². The van der Waals surface area contributed by atoms with E-state index in [1.54, 1.807) is 13.0 Å². The molecule has 1 fully saturated rings. The van der Waals surface area contributed by atoms with E-state index >= 15 is 0 Å². The van der Waals surface area contributed by atoms with Crippen molar-refractivity contribution in [2.24, 2.45) is 5.92 Å². The van der Waals surface area contributed by atoms with Gasteiger partial charge in [-0.05, 0) is 43.4 Å². The fourth-order valence-electron chi connectivity index (χ4n) is 2.29. The number of anilines is 1. The average molecular weight is 304 g/mol. The van der Waals surface area contributed by atoms with Crippen LogP contribution in [-0.2, 0) is 6.42 Å². The molecule has 2 aromatic rings. The minimum atomic E-state index is -0.468. The third-order valence-corrected chi connectivity index (χ3v) is 3.82. The van der Waals surface area contributed by atoms with Gasteiger partial charge in [-0.15, -0.1) is 0 Å². The van der Waals surface area contributed by atoms with E-state index < -0.39 is 17.8 Å². The minimum Gasteiger partial charge on any atom is -0.392 e. The quantitative estimate of drug-likeness (QED) is 0.890. The van der Waals surface area contributed by atoms with Crippen LogP contribution in [0.25, 0.3) is 0 Å². The predicted molar refractivity (Wildman–Crippen MR) is 78.0 cm³/mol. The topological polar surface area (TPSA) is 75.4 Å². The van der Waals surface area contributed by atoms with Gasteiger partial charge in [0.1, 0.15) is 11.6 Å². The molecule has 0 saturated heterocycles. The molecule has 0 spiro atoms. The Labute approximate surface area is 127 Å². The SMILES string of the molecule is Cc1ccc(F)cc1NC(=O)c1cc(CC(O)C2CC2)on1. The Balaban J connectivity index is 1.67.